The normalized spacial score (nSPS) is 10.2. The Bertz CT molecular complexity index is 567. The third kappa shape index (κ3) is 5.22. The van der Waals surface area contributed by atoms with Crippen LogP contribution in [0.25, 0.3) is 11.1 Å². The largest absolute Gasteiger partial charge is 0.382 e. The predicted octanol–water partition coefficient (Wildman–Crippen LogP) is 3.90. The number of ether oxygens (including phenoxy) is 1. The summed E-state index contributed by atoms with van der Waals surface area (Å²) in [4.78, 5) is 11.7. The Balaban J connectivity index is 1.80. The van der Waals surface area contributed by atoms with Crippen LogP contribution in [0.4, 0.5) is 10.5 Å². The zero-order valence-electron chi connectivity index (χ0n) is 12.8. The first-order valence-corrected chi connectivity index (χ1v) is 7.57. The molecule has 0 heterocycles. The molecule has 0 saturated carbocycles. The SMILES string of the molecule is CCOCCCNC(=O)Nc1ccc(-c2ccccc2)cc1. The molecule has 116 valence electrons. The van der Waals surface area contributed by atoms with Crippen LogP contribution in [0.3, 0.4) is 0 Å². The zero-order chi connectivity index (χ0) is 15.6. The zero-order valence-corrected chi connectivity index (χ0v) is 12.8. The second-order valence-electron chi connectivity index (χ2n) is 4.87. The lowest BCUT2D eigenvalue weighted by molar-refractivity contribution is 0.145. The third-order valence-electron chi connectivity index (χ3n) is 3.21. The average Bonchev–Trinajstić information content (AvgIpc) is 2.56. The van der Waals surface area contributed by atoms with E-state index >= 15 is 0 Å². The Morgan fingerprint density at radius 1 is 1.00 bits per heavy atom. The van der Waals surface area contributed by atoms with Gasteiger partial charge in [0.2, 0.25) is 0 Å². The van der Waals surface area contributed by atoms with Gasteiger partial charge in [0.05, 0.1) is 0 Å². The molecule has 2 N–H and O–H groups in total. The number of nitrogens with one attached hydrogen (secondary N) is 2. The van der Waals surface area contributed by atoms with Crippen LogP contribution < -0.4 is 10.6 Å². The molecular weight excluding hydrogens is 276 g/mol. The van der Waals surface area contributed by atoms with Crippen LogP contribution in [0.1, 0.15) is 13.3 Å². The predicted molar refractivity (Wildman–Crippen MR) is 90.0 cm³/mol. The lowest BCUT2D eigenvalue weighted by Crippen LogP contribution is -2.30. The van der Waals surface area contributed by atoms with E-state index in [0.717, 1.165) is 23.2 Å². The van der Waals surface area contributed by atoms with E-state index in [9.17, 15) is 4.79 Å². The molecule has 0 saturated heterocycles. The molecule has 0 aromatic heterocycles. The van der Waals surface area contributed by atoms with Crippen LogP contribution >= 0.6 is 0 Å². The van der Waals surface area contributed by atoms with Gasteiger partial charge in [-0.05, 0) is 36.6 Å². The molecule has 22 heavy (non-hydrogen) atoms. The minimum absolute atomic E-state index is 0.191. The molecule has 2 aromatic carbocycles. The molecule has 0 bridgehead atoms. The summed E-state index contributed by atoms with van der Waals surface area (Å²) in [7, 11) is 0. The summed E-state index contributed by atoms with van der Waals surface area (Å²) < 4.78 is 5.22. The Morgan fingerprint density at radius 2 is 1.68 bits per heavy atom. The summed E-state index contributed by atoms with van der Waals surface area (Å²) >= 11 is 0. The van der Waals surface area contributed by atoms with Gasteiger partial charge in [-0.2, -0.15) is 0 Å². The van der Waals surface area contributed by atoms with Crippen molar-refractivity contribution in [3.63, 3.8) is 0 Å². The van der Waals surface area contributed by atoms with Gasteiger partial charge in [0.1, 0.15) is 0 Å². The summed E-state index contributed by atoms with van der Waals surface area (Å²) in [5, 5.41) is 5.63. The Morgan fingerprint density at radius 3 is 2.36 bits per heavy atom. The van der Waals surface area contributed by atoms with E-state index in [1.54, 1.807) is 0 Å². The molecule has 0 fully saturated rings. The average molecular weight is 298 g/mol. The molecule has 4 nitrogen and oxygen atoms in total. The molecule has 2 aromatic rings. The fourth-order valence-corrected chi connectivity index (χ4v) is 2.07. The van der Waals surface area contributed by atoms with Crippen molar-refractivity contribution < 1.29 is 9.53 Å². The highest BCUT2D eigenvalue weighted by atomic mass is 16.5. The van der Waals surface area contributed by atoms with Gasteiger partial charge in [-0.3, -0.25) is 0 Å². The minimum Gasteiger partial charge on any atom is -0.382 e. The molecule has 0 atom stereocenters. The smallest absolute Gasteiger partial charge is 0.319 e. The number of urea groups is 1. The van der Waals surface area contributed by atoms with E-state index < -0.39 is 0 Å². The molecule has 0 aliphatic rings. The monoisotopic (exact) mass is 298 g/mol. The first-order valence-electron chi connectivity index (χ1n) is 7.57. The van der Waals surface area contributed by atoms with Crippen molar-refractivity contribution in [2.75, 3.05) is 25.1 Å². The fourth-order valence-electron chi connectivity index (χ4n) is 2.07. The van der Waals surface area contributed by atoms with Gasteiger partial charge < -0.3 is 15.4 Å². The second kappa shape index (κ2) is 8.85. The van der Waals surface area contributed by atoms with Gasteiger partial charge in [0.15, 0.2) is 0 Å². The van der Waals surface area contributed by atoms with E-state index in [-0.39, 0.29) is 6.03 Å². The molecule has 0 aliphatic heterocycles. The summed E-state index contributed by atoms with van der Waals surface area (Å²) in [6, 6.07) is 17.8. The van der Waals surface area contributed by atoms with Crippen LogP contribution in [0.15, 0.2) is 54.6 Å². The fraction of sp³-hybridized carbons (Fsp3) is 0.278. The Labute approximate surface area is 131 Å². The van der Waals surface area contributed by atoms with Crippen molar-refractivity contribution in [3.8, 4) is 11.1 Å². The Hall–Kier alpha value is -2.33. The molecule has 2 rings (SSSR count). The number of hydrogen-bond acceptors (Lipinski definition) is 2. The highest BCUT2D eigenvalue weighted by Gasteiger charge is 2.02. The van der Waals surface area contributed by atoms with Gasteiger partial charge >= 0.3 is 6.03 Å². The minimum atomic E-state index is -0.191. The molecule has 2 amide bonds. The molecule has 4 heteroatoms. The van der Waals surface area contributed by atoms with Crippen molar-refractivity contribution >= 4 is 11.7 Å². The lowest BCUT2D eigenvalue weighted by atomic mass is 10.1. The number of anilines is 1. The van der Waals surface area contributed by atoms with E-state index in [1.165, 1.54) is 0 Å². The van der Waals surface area contributed by atoms with Crippen LogP contribution in [0, 0.1) is 0 Å². The molecule has 0 unspecified atom stereocenters. The van der Waals surface area contributed by atoms with E-state index in [1.807, 2.05) is 49.4 Å². The molecular formula is C18H22N2O2. The van der Waals surface area contributed by atoms with Crippen molar-refractivity contribution in [2.45, 2.75) is 13.3 Å². The van der Waals surface area contributed by atoms with Gasteiger partial charge in [-0.15, -0.1) is 0 Å². The summed E-state index contributed by atoms with van der Waals surface area (Å²) in [6.45, 7) is 3.94. The van der Waals surface area contributed by atoms with Crippen molar-refractivity contribution in [1.29, 1.82) is 0 Å². The summed E-state index contributed by atoms with van der Waals surface area (Å²) in [5.74, 6) is 0. The maximum atomic E-state index is 11.7. The molecule has 0 spiro atoms. The van der Waals surface area contributed by atoms with Crippen molar-refractivity contribution in [3.05, 3.63) is 54.6 Å². The van der Waals surface area contributed by atoms with Gasteiger partial charge in [-0.1, -0.05) is 42.5 Å². The number of carbonyl (C=O) groups excluding carboxylic acids is 1. The molecule has 0 aliphatic carbocycles. The van der Waals surface area contributed by atoms with Crippen molar-refractivity contribution in [1.82, 2.24) is 5.32 Å². The van der Waals surface area contributed by atoms with E-state index in [2.05, 4.69) is 22.8 Å². The quantitative estimate of drug-likeness (QED) is 0.762. The van der Waals surface area contributed by atoms with Crippen LogP contribution in [0.5, 0.6) is 0 Å². The standard InChI is InChI=1S/C18H22N2O2/c1-2-22-14-6-13-19-18(21)20-17-11-9-16(10-12-17)15-7-4-3-5-8-15/h3-5,7-12H,2,6,13-14H2,1H3,(H2,19,20,21). The third-order valence-corrected chi connectivity index (χ3v) is 3.21. The highest BCUT2D eigenvalue weighted by Crippen LogP contribution is 2.20. The first kappa shape index (κ1) is 16.0. The lowest BCUT2D eigenvalue weighted by Gasteiger charge is -2.08. The van der Waals surface area contributed by atoms with Crippen molar-refractivity contribution in [2.24, 2.45) is 0 Å². The summed E-state index contributed by atoms with van der Waals surface area (Å²) in [5.41, 5.74) is 3.07. The number of amides is 2. The van der Waals surface area contributed by atoms with Gasteiger partial charge in [0, 0.05) is 25.4 Å². The topological polar surface area (TPSA) is 50.4 Å². The first-order chi connectivity index (χ1) is 10.8. The van der Waals surface area contributed by atoms with E-state index in [4.69, 9.17) is 4.74 Å². The number of hydrogen-bond donors (Lipinski definition) is 2. The van der Waals surface area contributed by atoms with Crippen LogP contribution in [-0.2, 0) is 4.74 Å². The summed E-state index contributed by atoms with van der Waals surface area (Å²) in [6.07, 6.45) is 0.814. The maximum Gasteiger partial charge on any atom is 0.319 e. The highest BCUT2D eigenvalue weighted by molar-refractivity contribution is 5.89. The second-order valence-corrected chi connectivity index (χ2v) is 4.87. The van der Waals surface area contributed by atoms with Gasteiger partial charge in [0.25, 0.3) is 0 Å². The Kier molecular flexibility index (Phi) is 6.45. The molecule has 0 radical (unpaired) electrons. The number of benzene rings is 2. The van der Waals surface area contributed by atoms with Crippen LogP contribution in [-0.4, -0.2) is 25.8 Å². The number of carbonyl (C=O) groups is 1. The van der Waals surface area contributed by atoms with Crippen LogP contribution in [0.2, 0.25) is 0 Å². The van der Waals surface area contributed by atoms with E-state index in [0.29, 0.717) is 19.8 Å². The number of rotatable bonds is 7. The van der Waals surface area contributed by atoms with Gasteiger partial charge in [-0.25, -0.2) is 4.79 Å². The maximum absolute atomic E-state index is 11.7.